The molecule has 14 heavy (non-hydrogen) atoms. The van der Waals surface area contributed by atoms with Gasteiger partial charge in [-0.3, -0.25) is 9.78 Å². The van der Waals surface area contributed by atoms with Gasteiger partial charge in [0.2, 0.25) is 0 Å². The van der Waals surface area contributed by atoms with E-state index in [1.807, 2.05) is 0 Å². The SMILES string of the molecule is NCc1ncc(C(F)F)c(N)c1C=O. The van der Waals surface area contributed by atoms with Crippen LogP contribution in [0.25, 0.3) is 0 Å². The van der Waals surface area contributed by atoms with Crippen molar-refractivity contribution < 1.29 is 13.6 Å². The minimum absolute atomic E-state index is 0.0121. The minimum Gasteiger partial charge on any atom is -0.398 e. The Morgan fingerprint density at radius 2 is 2.21 bits per heavy atom. The van der Waals surface area contributed by atoms with Crippen LogP contribution < -0.4 is 11.5 Å². The number of aldehydes is 1. The van der Waals surface area contributed by atoms with Crippen molar-refractivity contribution in [2.45, 2.75) is 13.0 Å². The normalized spacial score (nSPS) is 10.6. The maximum atomic E-state index is 12.3. The molecule has 0 aromatic carbocycles. The lowest BCUT2D eigenvalue weighted by molar-refractivity contribution is 0.112. The van der Waals surface area contributed by atoms with Gasteiger partial charge in [-0.2, -0.15) is 0 Å². The number of pyridine rings is 1. The molecule has 4 N–H and O–H groups in total. The van der Waals surface area contributed by atoms with E-state index in [0.717, 1.165) is 6.20 Å². The van der Waals surface area contributed by atoms with Gasteiger partial charge in [-0.1, -0.05) is 0 Å². The van der Waals surface area contributed by atoms with E-state index < -0.39 is 12.0 Å². The molecule has 0 aliphatic heterocycles. The third-order valence-corrected chi connectivity index (χ3v) is 1.82. The average Bonchev–Trinajstić information content (AvgIpc) is 2.16. The number of aromatic nitrogens is 1. The molecule has 0 unspecified atom stereocenters. The second kappa shape index (κ2) is 4.10. The molecule has 1 heterocycles. The highest BCUT2D eigenvalue weighted by Gasteiger charge is 2.17. The first-order valence-electron chi connectivity index (χ1n) is 3.82. The first-order valence-corrected chi connectivity index (χ1v) is 3.82. The van der Waals surface area contributed by atoms with E-state index in [1.54, 1.807) is 0 Å². The van der Waals surface area contributed by atoms with E-state index >= 15 is 0 Å². The summed E-state index contributed by atoms with van der Waals surface area (Å²) in [6, 6.07) is 0. The van der Waals surface area contributed by atoms with Crippen molar-refractivity contribution in [1.29, 1.82) is 0 Å². The molecule has 0 bridgehead atoms. The third kappa shape index (κ3) is 1.69. The molecule has 1 aromatic rings. The monoisotopic (exact) mass is 201 g/mol. The summed E-state index contributed by atoms with van der Waals surface area (Å²) in [5, 5.41) is 0. The largest absolute Gasteiger partial charge is 0.398 e. The molecule has 0 spiro atoms. The van der Waals surface area contributed by atoms with Gasteiger partial charge in [0.05, 0.1) is 22.5 Å². The molecule has 1 aromatic heterocycles. The summed E-state index contributed by atoms with van der Waals surface area (Å²) in [5.41, 5.74) is 10.1. The van der Waals surface area contributed by atoms with Crippen LogP contribution in [0.3, 0.4) is 0 Å². The Hall–Kier alpha value is -1.56. The highest BCUT2D eigenvalue weighted by atomic mass is 19.3. The molecule has 1 rings (SSSR count). The van der Waals surface area contributed by atoms with Gasteiger partial charge in [0.25, 0.3) is 6.43 Å². The Bertz CT molecular complexity index is 355. The number of nitrogen functional groups attached to an aromatic ring is 1. The number of hydrogen-bond acceptors (Lipinski definition) is 4. The Balaban J connectivity index is 3.34. The quantitative estimate of drug-likeness (QED) is 0.711. The number of alkyl halides is 2. The fourth-order valence-corrected chi connectivity index (χ4v) is 1.07. The number of carbonyl (C=O) groups is 1. The molecule has 0 saturated heterocycles. The summed E-state index contributed by atoms with van der Waals surface area (Å²) in [6.45, 7) is -0.0121. The molecule has 4 nitrogen and oxygen atoms in total. The molecule has 0 atom stereocenters. The highest BCUT2D eigenvalue weighted by Crippen LogP contribution is 2.27. The zero-order valence-electron chi connectivity index (χ0n) is 7.21. The number of nitrogens with two attached hydrogens (primary N) is 2. The van der Waals surface area contributed by atoms with Gasteiger partial charge in [0.1, 0.15) is 0 Å². The molecule has 0 saturated carbocycles. The molecular weight excluding hydrogens is 192 g/mol. The first kappa shape index (κ1) is 10.5. The van der Waals surface area contributed by atoms with Crippen molar-refractivity contribution in [3.05, 3.63) is 23.0 Å². The summed E-state index contributed by atoms with van der Waals surface area (Å²) in [7, 11) is 0. The third-order valence-electron chi connectivity index (χ3n) is 1.82. The van der Waals surface area contributed by atoms with Crippen LogP contribution in [0.2, 0.25) is 0 Å². The van der Waals surface area contributed by atoms with Gasteiger partial charge in [0, 0.05) is 12.7 Å². The molecule has 0 fully saturated rings. The Kier molecular flexibility index (Phi) is 3.08. The molecular formula is C8H9F2N3O. The maximum absolute atomic E-state index is 12.3. The van der Waals surface area contributed by atoms with Crippen LogP contribution in [-0.4, -0.2) is 11.3 Å². The van der Waals surface area contributed by atoms with E-state index in [-0.39, 0.29) is 23.5 Å². The van der Waals surface area contributed by atoms with Crippen LogP contribution in [0.15, 0.2) is 6.20 Å². The zero-order chi connectivity index (χ0) is 10.7. The fraction of sp³-hybridized carbons (Fsp3) is 0.250. The van der Waals surface area contributed by atoms with E-state index in [4.69, 9.17) is 11.5 Å². The Morgan fingerprint density at radius 3 is 2.64 bits per heavy atom. The minimum atomic E-state index is -2.74. The van der Waals surface area contributed by atoms with Crippen LogP contribution in [0.4, 0.5) is 14.5 Å². The van der Waals surface area contributed by atoms with E-state index in [0.29, 0.717) is 6.29 Å². The topological polar surface area (TPSA) is 82.0 Å². The number of halogens is 2. The van der Waals surface area contributed by atoms with Gasteiger partial charge in [-0.25, -0.2) is 8.78 Å². The lowest BCUT2D eigenvalue weighted by atomic mass is 10.1. The van der Waals surface area contributed by atoms with E-state index in [2.05, 4.69) is 4.98 Å². The number of carbonyl (C=O) groups excluding carboxylic acids is 1. The zero-order valence-corrected chi connectivity index (χ0v) is 7.21. The summed E-state index contributed by atoms with van der Waals surface area (Å²) in [5.74, 6) is 0. The van der Waals surface area contributed by atoms with Crippen LogP contribution in [-0.2, 0) is 6.54 Å². The predicted octanol–water partition coefficient (Wildman–Crippen LogP) is 0.873. The Labute approximate surface area is 78.9 Å². The maximum Gasteiger partial charge on any atom is 0.267 e. The molecule has 0 amide bonds. The summed E-state index contributed by atoms with van der Waals surface area (Å²) < 4.78 is 24.6. The Morgan fingerprint density at radius 1 is 1.57 bits per heavy atom. The molecule has 76 valence electrons. The van der Waals surface area contributed by atoms with Gasteiger partial charge >= 0.3 is 0 Å². The van der Waals surface area contributed by atoms with Gasteiger partial charge < -0.3 is 11.5 Å². The molecule has 6 heteroatoms. The second-order valence-electron chi connectivity index (χ2n) is 2.61. The summed E-state index contributed by atoms with van der Waals surface area (Å²) in [4.78, 5) is 14.2. The number of anilines is 1. The number of nitrogens with zero attached hydrogens (tertiary/aromatic N) is 1. The van der Waals surface area contributed by atoms with Crippen molar-refractivity contribution in [1.82, 2.24) is 4.98 Å². The fourth-order valence-electron chi connectivity index (χ4n) is 1.07. The summed E-state index contributed by atoms with van der Waals surface area (Å²) in [6.07, 6.45) is -1.42. The smallest absolute Gasteiger partial charge is 0.267 e. The van der Waals surface area contributed by atoms with Crippen molar-refractivity contribution in [3.63, 3.8) is 0 Å². The van der Waals surface area contributed by atoms with Crippen molar-refractivity contribution in [2.75, 3.05) is 5.73 Å². The lowest BCUT2D eigenvalue weighted by Crippen LogP contribution is -2.09. The van der Waals surface area contributed by atoms with E-state index in [9.17, 15) is 13.6 Å². The van der Waals surface area contributed by atoms with Crippen LogP contribution in [0.1, 0.15) is 28.0 Å². The van der Waals surface area contributed by atoms with Gasteiger partial charge in [-0.05, 0) is 0 Å². The first-order chi connectivity index (χ1) is 6.61. The molecule has 0 aliphatic carbocycles. The van der Waals surface area contributed by atoms with Crippen molar-refractivity contribution in [2.24, 2.45) is 5.73 Å². The molecule has 0 radical (unpaired) electrons. The van der Waals surface area contributed by atoms with Crippen LogP contribution in [0, 0.1) is 0 Å². The average molecular weight is 201 g/mol. The van der Waals surface area contributed by atoms with Crippen molar-refractivity contribution >= 4 is 12.0 Å². The highest BCUT2D eigenvalue weighted by molar-refractivity contribution is 5.85. The van der Waals surface area contributed by atoms with Crippen LogP contribution >= 0.6 is 0 Å². The summed E-state index contributed by atoms with van der Waals surface area (Å²) >= 11 is 0. The van der Waals surface area contributed by atoms with E-state index in [1.165, 1.54) is 0 Å². The van der Waals surface area contributed by atoms with Crippen LogP contribution in [0.5, 0.6) is 0 Å². The van der Waals surface area contributed by atoms with Gasteiger partial charge in [-0.15, -0.1) is 0 Å². The predicted molar refractivity (Wildman–Crippen MR) is 46.9 cm³/mol. The standard InChI is InChI=1S/C8H9F2N3O/c9-8(10)4-2-13-6(1-11)5(3-14)7(4)12/h2-3,8H,1,11H2,(H2,12,13). The van der Waals surface area contributed by atoms with Gasteiger partial charge in [0.15, 0.2) is 6.29 Å². The second-order valence-corrected chi connectivity index (χ2v) is 2.61. The van der Waals surface area contributed by atoms with Crippen molar-refractivity contribution in [3.8, 4) is 0 Å². The lowest BCUT2D eigenvalue weighted by Gasteiger charge is -2.09. The number of rotatable bonds is 3. The molecule has 0 aliphatic rings. The number of hydrogen-bond donors (Lipinski definition) is 2.